The molecule has 1 amide bonds. The van der Waals surface area contributed by atoms with E-state index in [1.54, 1.807) is 24.4 Å². The number of anilines is 2. The lowest BCUT2D eigenvalue weighted by Gasteiger charge is -2.12. The molecule has 0 aliphatic carbocycles. The van der Waals surface area contributed by atoms with E-state index in [0.717, 1.165) is 10.9 Å². The molecule has 4 rings (SSSR count). The molecule has 2 N–H and O–H groups in total. The van der Waals surface area contributed by atoms with Crippen LogP contribution >= 0.6 is 0 Å². The first-order valence-electron chi connectivity index (χ1n) is 8.58. The Morgan fingerprint density at radius 2 is 1.93 bits per heavy atom. The van der Waals surface area contributed by atoms with Crippen molar-refractivity contribution in [3.05, 3.63) is 60.4 Å². The molecule has 1 atom stereocenters. The Balaban J connectivity index is 1.52. The van der Waals surface area contributed by atoms with Crippen molar-refractivity contribution < 1.29 is 13.2 Å². The van der Waals surface area contributed by atoms with Crippen molar-refractivity contribution in [1.29, 1.82) is 0 Å². The minimum atomic E-state index is -2.98. The molecule has 7 nitrogen and oxygen atoms in total. The molecule has 0 bridgehead atoms. The van der Waals surface area contributed by atoms with E-state index >= 15 is 0 Å². The van der Waals surface area contributed by atoms with Crippen molar-refractivity contribution in [2.75, 3.05) is 22.1 Å². The summed E-state index contributed by atoms with van der Waals surface area (Å²) in [7, 11) is -2.98. The second-order valence-electron chi connectivity index (χ2n) is 6.51. The van der Waals surface area contributed by atoms with Gasteiger partial charge in [-0.3, -0.25) is 9.78 Å². The van der Waals surface area contributed by atoms with E-state index in [9.17, 15) is 13.2 Å². The summed E-state index contributed by atoms with van der Waals surface area (Å²) in [6.45, 7) is 0. The molecule has 138 valence electrons. The van der Waals surface area contributed by atoms with Crippen LogP contribution in [-0.4, -0.2) is 41.8 Å². The zero-order chi connectivity index (χ0) is 18.9. The maximum Gasteiger partial charge on any atom is 0.255 e. The van der Waals surface area contributed by atoms with E-state index < -0.39 is 9.84 Å². The van der Waals surface area contributed by atoms with Crippen LogP contribution in [0, 0.1) is 0 Å². The summed E-state index contributed by atoms with van der Waals surface area (Å²) in [6, 6.07) is 12.4. The Bertz CT molecular complexity index is 1110. The maximum absolute atomic E-state index is 12.7. The third-order valence-corrected chi connectivity index (χ3v) is 6.26. The number of benzene rings is 1. The number of hydrogen-bond donors (Lipinski definition) is 2. The average molecular weight is 382 g/mol. The van der Waals surface area contributed by atoms with Gasteiger partial charge in [-0.15, -0.1) is 0 Å². The second kappa shape index (κ2) is 6.96. The lowest BCUT2D eigenvalue weighted by molar-refractivity contribution is 0.102. The van der Waals surface area contributed by atoms with Crippen molar-refractivity contribution in [3.63, 3.8) is 0 Å². The quantitative estimate of drug-likeness (QED) is 0.719. The third kappa shape index (κ3) is 3.90. The van der Waals surface area contributed by atoms with Gasteiger partial charge < -0.3 is 10.6 Å². The summed E-state index contributed by atoms with van der Waals surface area (Å²) in [5.41, 5.74) is 1.78. The zero-order valence-corrected chi connectivity index (χ0v) is 15.2. The molecule has 1 aliphatic rings. The van der Waals surface area contributed by atoms with Crippen LogP contribution in [0.2, 0.25) is 0 Å². The molecule has 8 heteroatoms. The summed E-state index contributed by atoms with van der Waals surface area (Å²) in [4.78, 5) is 21.2. The van der Waals surface area contributed by atoms with Gasteiger partial charge in [0.25, 0.3) is 5.91 Å². The number of pyridine rings is 2. The largest absolute Gasteiger partial charge is 0.366 e. The smallest absolute Gasteiger partial charge is 0.255 e. The highest BCUT2D eigenvalue weighted by Gasteiger charge is 2.28. The predicted octanol–water partition coefficient (Wildman–Crippen LogP) is 2.48. The molecule has 3 aromatic rings. The Kier molecular flexibility index (Phi) is 4.49. The molecule has 1 unspecified atom stereocenters. The van der Waals surface area contributed by atoms with E-state index in [4.69, 9.17) is 0 Å². The van der Waals surface area contributed by atoms with Gasteiger partial charge in [0, 0.05) is 29.4 Å². The van der Waals surface area contributed by atoms with Crippen molar-refractivity contribution in [2.45, 2.75) is 12.5 Å². The van der Waals surface area contributed by atoms with Gasteiger partial charge in [0.15, 0.2) is 9.84 Å². The standard InChI is InChI=1S/C19H18N4O3S/c24-19(23-16-5-1-3-13-4-2-8-21-18(13)16)14-6-9-20-17(11-14)22-15-7-10-27(25,26)12-15/h1-6,8-9,11,15H,7,10,12H2,(H,20,22)(H,23,24). The summed E-state index contributed by atoms with van der Waals surface area (Å²) in [5, 5.41) is 6.92. The summed E-state index contributed by atoms with van der Waals surface area (Å²) in [5.74, 6) is 0.476. The molecule has 0 saturated carbocycles. The van der Waals surface area contributed by atoms with Gasteiger partial charge in [-0.1, -0.05) is 18.2 Å². The van der Waals surface area contributed by atoms with Gasteiger partial charge in [0.2, 0.25) is 0 Å². The Labute approximate surface area is 156 Å². The Morgan fingerprint density at radius 3 is 2.74 bits per heavy atom. The first-order chi connectivity index (χ1) is 13.0. The highest BCUT2D eigenvalue weighted by molar-refractivity contribution is 7.91. The molecule has 0 spiro atoms. The SMILES string of the molecule is O=C(Nc1cccc2cccnc12)c1ccnc(NC2CCS(=O)(=O)C2)c1. The van der Waals surface area contributed by atoms with E-state index in [-0.39, 0.29) is 23.5 Å². The fraction of sp³-hybridized carbons (Fsp3) is 0.211. The van der Waals surface area contributed by atoms with Crippen molar-refractivity contribution in [3.8, 4) is 0 Å². The average Bonchev–Trinajstić information content (AvgIpc) is 3.00. The topological polar surface area (TPSA) is 101 Å². The number of nitrogens with zero attached hydrogens (tertiary/aromatic N) is 2. The van der Waals surface area contributed by atoms with Crippen LogP contribution in [0.5, 0.6) is 0 Å². The monoisotopic (exact) mass is 382 g/mol. The fourth-order valence-corrected chi connectivity index (χ4v) is 4.84. The minimum absolute atomic E-state index is 0.0901. The molecule has 1 aliphatic heterocycles. The number of para-hydroxylation sites is 1. The fourth-order valence-electron chi connectivity index (χ4n) is 3.17. The number of hydrogen-bond acceptors (Lipinski definition) is 6. The minimum Gasteiger partial charge on any atom is -0.366 e. The van der Waals surface area contributed by atoms with Crippen LogP contribution in [0.15, 0.2) is 54.9 Å². The Hall–Kier alpha value is -3.00. The third-order valence-electron chi connectivity index (χ3n) is 4.49. The molecule has 27 heavy (non-hydrogen) atoms. The van der Waals surface area contributed by atoms with Gasteiger partial charge in [-0.25, -0.2) is 13.4 Å². The van der Waals surface area contributed by atoms with Crippen molar-refractivity contribution >= 4 is 38.2 Å². The lowest BCUT2D eigenvalue weighted by atomic mass is 10.1. The second-order valence-corrected chi connectivity index (χ2v) is 8.74. The molecular weight excluding hydrogens is 364 g/mol. The van der Waals surface area contributed by atoms with E-state index in [1.165, 1.54) is 6.20 Å². The first-order valence-corrected chi connectivity index (χ1v) is 10.4. The number of rotatable bonds is 4. The van der Waals surface area contributed by atoms with Gasteiger partial charge in [0.05, 0.1) is 22.7 Å². The molecule has 0 radical (unpaired) electrons. The molecular formula is C19H18N4O3S. The van der Waals surface area contributed by atoms with E-state index in [2.05, 4.69) is 20.6 Å². The number of nitrogens with one attached hydrogen (secondary N) is 2. The van der Waals surface area contributed by atoms with Crippen LogP contribution in [0.25, 0.3) is 10.9 Å². The number of amides is 1. The summed E-state index contributed by atoms with van der Waals surface area (Å²) in [6.07, 6.45) is 3.76. The molecule has 1 aromatic carbocycles. The van der Waals surface area contributed by atoms with Crippen LogP contribution in [-0.2, 0) is 9.84 Å². The van der Waals surface area contributed by atoms with Gasteiger partial charge in [-0.2, -0.15) is 0 Å². The zero-order valence-electron chi connectivity index (χ0n) is 14.4. The highest BCUT2D eigenvalue weighted by Crippen LogP contribution is 2.22. The molecule has 3 heterocycles. The van der Waals surface area contributed by atoms with Gasteiger partial charge in [-0.05, 0) is 30.7 Å². The molecule has 2 aromatic heterocycles. The molecule has 1 saturated heterocycles. The Morgan fingerprint density at radius 1 is 1.07 bits per heavy atom. The van der Waals surface area contributed by atoms with Crippen LogP contribution in [0.4, 0.5) is 11.5 Å². The predicted molar refractivity (Wildman–Crippen MR) is 105 cm³/mol. The van der Waals surface area contributed by atoms with Crippen molar-refractivity contribution in [2.24, 2.45) is 0 Å². The van der Waals surface area contributed by atoms with E-state index in [1.807, 2.05) is 24.3 Å². The lowest BCUT2D eigenvalue weighted by Crippen LogP contribution is -2.21. The molecule has 1 fully saturated rings. The summed E-state index contributed by atoms with van der Waals surface area (Å²) < 4.78 is 23.2. The first kappa shape index (κ1) is 17.4. The van der Waals surface area contributed by atoms with Crippen LogP contribution in [0.3, 0.4) is 0 Å². The van der Waals surface area contributed by atoms with E-state index in [0.29, 0.717) is 23.5 Å². The number of fused-ring (bicyclic) bond motifs is 1. The van der Waals surface area contributed by atoms with Crippen LogP contribution < -0.4 is 10.6 Å². The highest BCUT2D eigenvalue weighted by atomic mass is 32.2. The van der Waals surface area contributed by atoms with Gasteiger partial charge in [0.1, 0.15) is 5.82 Å². The normalized spacial score (nSPS) is 18.3. The summed E-state index contributed by atoms with van der Waals surface area (Å²) >= 11 is 0. The van der Waals surface area contributed by atoms with Crippen LogP contribution in [0.1, 0.15) is 16.8 Å². The maximum atomic E-state index is 12.7. The number of carbonyl (C=O) groups excluding carboxylic acids is 1. The number of carbonyl (C=O) groups is 1. The number of aromatic nitrogens is 2. The number of sulfone groups is 1. The van der Waals surface area contributed by atoms with Gasteiger partial charge >= 0.3 is 0 Å². The van der Waals surface area contributed by atoms with Crippen molar-refractivity contribution in [1.82, 2.24) is 9.97 Å².